The number of nitrogens with one attached hydrogen (secondary N) is 1. The number of hydrogen-bond acceptors (Lipinski definition) is 5. The van der Waals surface area contributed by atoms with Gasteiger partial charge in [-0.1, -0.05) is 18.2 Å². The zero-order valence-electron chi connectivity index (χ0n) is 15.8. The van der Waals surface area contributed by atoms with Crippen LogP contribution in [0.3, 0.4) is 0 Å². The van der Waals surface area contributed by atoms with E-state index in [9.17, 15) is 14.4 Å². The van der Waals surface area contributed by atoms with Crippen molar-refractivity contribution in [3.63, 3.8) is 0 Å². The van der Waals surface area contributed by atoms with Crippen molar-refractivity contribution in [2.24, 2.45) is 0 Å². The Bertz CT molecular complexity index is 884. The smallest absolute Gasteiger partial charge is 0.303 e. The van der Waals surface area contributed by atoms with E-state index in [-0.39, 0.29) is 25.4 Å². The number of carboxylic acids is 1. The molecule has 0 unspecified atom stereocenters. The number of carboxylic acid groups (broad SMARTS) is 1. The number of amides is 2. The van der Waals surface area contributed by atoms with Crippen LogP contribution in [0.1, 0.15) is 19.3 Å². The highest BCUT2D eigenvalue weighted by Gasteiger charge is 2.25. The van der Waals surface area contributed by atoms with Crippen molar-refractivity contribution in [2.75, 3.05) is 30.0 Å². The zero-order valence-corrected chi connectivity index (χ0v) is 15.8. The van der Waals surface area contributed by atoms with Gasteiger partial charge in [0.25, 0.3) is 5.91 Å². The molecule has 152 valence electrons. The molecule has 1 aliphatic rings. The van der Waals surface area contributed by atoms with Gasteiger partial charge in [-0.15, -0.1) is 0 Å². The highest BCUT2D eigenvalue weighted by molar-refractivity contribution is 5.99. The molecule has 8 heteroatoms. The third-order valence-electron chi connectivity index (χ3n) is 4.29. The predicted molar refractivity (Wildman–Crippen MR) is 106 cm³/mol. The SMILES string of the molecule is O=C(O)CCC(=O)Nc1ccc2c(c1)OCC(=O)N2CCCOc1ccccc1. The van der Waals surface area contributed by atoms with Gasteiger partial charge >= 0.3 is 5.97 Å². The fourth-order valence-corrected chi connectivity index (χ4v) is 2.90. The summed E-state index contributed by atoms with van der Waals surface area (Å²) < 4.78 is 11.2. The van der Waals surface area contributed by atoms with Crippen molar-refractivity contribution in [2.45, 2.75) is 19.3 Å². The summed E-state index contributed by atoms with van der Waals surface area (Å²) in [5, 5.41) is 11.3. The van der Waals surface area contributed by atoms with Crippen LogP contribution in [0.15, 0.2) is 48.5 Å². The summed E-state index contributed by atoms with van der Waals surface area (Å²) in [5.41, 5.74) is 1.12. The molecular formula is C21H22N2O6. The second-order valence-electron chi connectivity index (χ2n) is 6.47. The van der Waals surface area contributed by atoms with Gasteiger partial charge in [0, 0.05) is 24.7 Å². The average Bonchev–Trinajstić information content (AvgIpc) is 2.72. The minimum absolute atomic E-state index is 0.0804. The number of aliphatic carboxylic acids is 1. The lowest BCUT2D eigenvalue weighted by Crippen LogP contribution is -2.39. The molecule has 2 amide bonds. The molecule has 0 saturated heterocycles. The van der Waals surface area contributed by atoms with E-state index in [1.165, 1.54) is 0 Å². The maximum Gasteiger partial charge on any atom is 0.303 e. The number of carbonyl (C=O) groups excluding carboxylic acids is 2. The first-order chi connectivity index (χ1) is 14.0. The van der Waals surface area contributed by atoms with E-state index in [4.69, 9.17) is 14.6 Å². The molecule has 0 saturated carbocycles. The van der Waals surface area contributed by atoms with Crippen LogP contribution in [0.5, 0.6) is 11.5 Å². The number of nitrogens with zero attached hydrogens (tertiary/aromatic N) is 1. The molecule has 0 atom stereocenters. The van der Waals surface area contributed by atoms with Crippen LogP contribution in [-0.4, -0.2) is 42.6 Å². The lowest BCUT2D eigenvalue weighted by atomic mass is 10.2. The molecule has 0 aliphatic carbocycles. The van der Waals surface area contributed by atoms with Crippen LogP contribution < -0.4 is 19.7 Å². The largest absolute Gasteiger partial charge is 0.494 e. The van der Waals surface area contributed by atoms with Crippen molar-refractivity contribution >= 4 is 29.2 Å². The summed E-state index contributed by atoms with van der Waals surface area (Å²) in [6.45, 7) is 0.872. The lowest BCUT2D eigenvalue weighted by molar-refractivity contribution is -0.138. The number of hydrogen-bond donors (Lipinski definition) is 2. The van der Waals surface area contributed by atoms with Crippen LogP contribution in [0.4, 0.5) is 11.4 Å². The molecule has 29 heavy (non-hydrogen) atoms. The molecule has 0 radical (unpaired) electrons. The van der Waals surface area contributed by atoms with Crippen LogP contribution in [-0.2, 0) is 14.4 Å². The molecule has 2 N–H and O–H groups in total. The van der Waals surface area contributed by atoms with Gasteiger partial charge in [0.05, 0.1) is 18.7 Å². The number of ether oxygens (including phenoxy) is 2. The van der Waals surface area contributed by atoms with E-state index in [0.29, 0.717) is 36.7 Å². The van der Waals surface area contributed by atoms with E-state index in [0.717, 1.165) is 5.75 Å². The average molecular weight is 398 g/mol. The second kappa shape index (κ2) is 9.59. The minimum Gasteiger partial charge on any atom is -0.494 e. The van der Waals surface area contributed by atoms with Crippen molar-refractivity contribution in [1.29, 1.82) is 0 Å². The Morgan fingerprint density at radius 3 is 2.69 bits per heavy atom. The van der Waals surface area contributed by atoms with Gasteiger partial charge in [0.1, 0.15) is 11.5 Å². The maximum absolute atomic E-state index is 12.3. The van der Waals surface area contributed by atoms with Gasteiger partial charge in [0.15, 0.2) is 6.61 Å². The summed E-state index contributed by atoms with van der Waals surface area (Å²) >= 11 is 0. The first kappa shape index (κ1) is 20.2. The Kier molecular flexibility index (Phi) is 6.67. The summed E-state index contributed by atoms with van der Waals surface area (Å²) in [7, 11) is 0. The monoisotopic (exact) mass is 398 g/mol. The standard InChI is InChI=1S/C21H22N2O6/c24-19(9-10-21(26)27)22-15-7-8-17-18(13-15)29-14-20(25)23(17)11-4-12-28-16-5-2-1-3-6-16/h1-3,5-8,13H,4,9-12,14H2,(H,22,24)(H,26,27). The number of benzene rings is 2. The van der Waals surface area contributed by atoms with E-state index in [2.05, 4.69) is 5.32 Å². The third-order valence-corrected chi connectivity index (χ3v) is 4.29. The van der Waals surface area contributed by atoms with E-state index in [1.807, 2.05) is 30.3 Å². The zero-order chi connectivity index (χ0) is 20.6. The summed E-state index contributed by atoms with van der Waals surface area (Å²) in [6.07, 6.45) is 0.299. The number of rotatable bonds is 9. The van der Waals surface area contributed by atoms with Crippen molar-refractivity contribution < 1.29 is 29.0 Å². The van der Waals surface area contributed by atoms with Gasteiger partial charge in [-0.25, -0.2) is 0 Å². The Morgan fingerprint density at radius 1 is 1.14 bits per heavy atom. The van der Waals surface area contributed by atoms with Crippen LogP contribution in [0.2, 0.25) is 0 Å². The Morgan fingerprint density at radius 2 is 1.93 bits per heavy atom. The van der Waals surface area contributed by atoms with Gasteiger partial charge < -0.3 is 24.8 Å². The molecule has 3 rings (SSSR count). The molecule has 0 spiro atoms. The maximum atomic E-state index is 12.3. The molecule has 0 fully saturated rings. The minimum atomic E-state index is -1.03. The fourth-order valence-electron chi connectivity index (χ4n) is 2.90. The number of carbonyl (C=O) groups is 3. The number of anilines is 2. The molecule has 1 aliphatic heterocycles. The topological polar surface area (TPSA) is 105 Å². The first-order valence-electron chi connectivity index (χ1n) is 9.29. The summed E-state index contributed by atoms with van der Waals surface area (Å²) in [4.78, 5) is 36.3. The fraction of sp³-hybridized carbons (Fsp3) is 0.286. The molecule has 0 aromatic heterocycles. The van der Waals surface area contributed by atoms with Crippen molar-refractivity contribution in [3.05, 3.63) is 48.5 Å². The molecule has 2 aromatic carbocycles. The molecule has 0 bridgehead atoms. The van der Waals surface area contributed by atoms with Crippen LogP contribution >= 0.6 is 0 Å². The molecule has 1 heterocycles. The molecule has 2 aromatic rings. The van der Waals surface area contributed by atoms with Crippen molar-refractivity contribution in [1.82, 2.24) is 0 Å². The number of para-hydroxylation sites is 1. The van der Waals surface area contributed by atoms with E-state index < -0.39 is 11.9 Å². The summed E-state index contributed by atoms with van der Waals surface area (Å²) in [5.74, 6) is -0.293. The van der Waals surface area contributed by atoms with Crippen LogP contribution in [0.25, 0.3) is 0 Å². The lowest BCUT2D eigenvalue weighted by Gasteiger charge is -2.29. The quantitative estimate of drug-likeness (QED) is 0.629. The molecule has 8 nitrogen and oxygen atoms in total. The normalized spacial score (nSPS) is 12.7. The van der Waals surface area contributed by atoms with Gasteiger partial charge in [0.2, 0.25) is 5.91 Å². The second-order valence-corrected chi connectivity index (χ2v) is 6.47. The van der Waals surface area contributed by atoms with Crippen molar-refractivity contribution in [3.8, 4) is 11.5 Å². The summed E-state index contributed by atoms with van der Waals surface area (Å²) in [6, 6.07) is 14.5. The van der Waals surface area contributed by atoms with Gasteiger partial charge in [-0.3, -0.25) is 14.4 Å². The van der Waals surface area contributed by atoms with E-state index >= 15 is 0 Å². The van der Waals surface area contributed by atoms with Crippen LogP contribution in [0, 0.1) is 0 Å². The predicted octanol–water partition coefficient (Wildman–Crippen LogP) is 2.68. The Balaban J connectivity index is 1.57. The first-order valence-corrected chi connectivity index (χ1v) is 9.29. The highest BCUT2D eigenvalue weighted by atomic mass is 16.5. The van der Waals surface area contributed by atoms with Gasteiger partial charge in [-0.05, 0) is 30.7 Å². The van der Waals surface area contributed by atoms with Gasteiger partial charge in [-0.2, -0.15) is 0 Å². The Labute approximate surface area is 168 Å². The highest BCUT2D eigenvalue weighted by Crippen LogP contribution is 2.34. The van der Waals surface area contributed by atoms with E-state index in [1.54, 1.807) is 23.1 Å². The third kappa shape index (κ3) is 5.71. The number of fused-ring (bicyclic) bond motifs is 1. The molecular weight excluding hydrogens is 376 g/mol. The Hall–Kier alpha value is -3.55.